The molecule has 0 aliphatic heterocycles. The van der Waals surface area contributed by atoms with Crippen molar-refractivity contribution in [2.24, 2.45) is 5.73 Å². The van der Waals surface area contributed by atoms with Crippen LogP contribution in [0.2, 0.25) is 0 Å². The molecular formula is C29H40N4O5. The van der Waals surface area contributed by atoms with Gasteiger partial charge in [0.25, 0.3) is 5.91 Å². The standard InChI is InChI=1S/C29H40N4O5/c1-18(2)33(27(36)22(16-17-23(30)34)31-28(37)38-29(5,6)7)25(21-14-9-8-10-15-21)26(35)32-24-19(3)12-11-13-20(24)4/h8-15,18,22,25H,16-17H2,1-7H3,(H2,30,34)(H,31,37)(H,32,35). The molecule has 0 aliphatic rings. The predicted octanol–water partition coefficient (Wildman–Crippen LogP) is 4.38. The van der Waals surface area contributed by atoms with E-state index in [2.05, 4.69) is 10.6 Å². The fraction of sp³-hybridized carbons (Fsp3) is 0.448. The lowest BCUT2D eigenvalue weighted by Crippen LogP contribution is -2.54. The first-order valence-corrected chi connectivity index (χ1v) is 12.7. The predicted molar refractivity (Wildman–Crippen MR) is 147 cm³/mol. The molecule has 0 bridgehead atoms. The summed E-state index contributed by atoms with van der Waals surface area (Å²) in [7, 11) is 0. The van der Waals surface area contributed by atoms with Crippen LogP contribution in [-0.2, 0) is 19.1 Å². The Bertz CT molecular complexity index is 1120. The highest BCUT2D eigenvalue weighted by atomic mass is 16.6. The summed E-state index contributed by atoms with van der Waals surface area (Å²) < 4.78 is 5.35. The molecule has 2 atom stereocenters. The van der Waals surface area contributed by atoms with Gasteiger partial charge in [-0.2, -0.15) is 0 Å². The van der Waals surface area contributed by atoms with Crippen LogP contribution in [0.4, 0.5) is 10.5 Å². The van der Waals surface area contributed by atoms with E-state index in [1.807, 2.05) is 38.1 Å². The first-order valence-electron chi connectivity index (χ1n) is 12.7. The summed E-state index contributed by atoms with van der Waals surface area (Å²) in [6, 6.07) is 12.1. The maximum atomic E-state index is 14.0. The number of alkyl carbamates (subject to hydrolysis) is 1. The molecule has 0 radical (unpaired) electrons. The van der Waals surface area contributed by atoms with Gasteiger partial charge in [0, 0.05) is 18.2 Å². The van der Waals surface area contributed by atoms with Gasteiger partial charge < -0.3 is 26.0 Å². The third kappa shape index (κ3) is 8.61. The van der Waals surface area contributed by atoms with E-state index in [0.29, 0.717) is 11.3 Å². The number of anilines is 1. The van der Waals surface area contributed by atoms with Gasteiger partial charge in [-0.25, -0.2) is 4.79 Å². The fourth-order valence-corrected chi connectivity index (χ4v) is 4.13. The number of nitrogens with one attached hydrogen (secondary N) is 2. The molecule has 0 spiro atoms. The molecule has 9 heteroatoms. The average molecular weight is 525 g/mol. The zero-order valence-electron chi connectivity index (χ0n) is 23.3. The molecule has 0 saturated heterocycles. The molecule has 2 aromatic carbocycles. The first kappa shape index (κ1) is 30.3. The van der Waals surface area contributed by atoms with Gasteiger partial charge in [0.1, 0.15) is 17.7 Å². The number of rotatable bonds is 10. The molecule has 0 saturated carbocycles. The fourth-order valence-electron chi connectivity index (χ4n) is 4.13. The highest BCUT2D eigenvalue weighted by molar-refractivity contribution is 6.00. The number of carbonyl (C=O) groups excluding carboxylic acids is 4. The molecule has 2 rings (SSSR count). The van der Waals surface area contributed by atoms with Gasteiger partial charge in [0.2, 0.25) is 11.8 Å². The lowest BCUT2D eigenvalue weighted by Gasteiger charge is -2.37. The van der Waals surface area contributed by atoms with Crippen molar-refractivity contribution in [2.45, 2.75) is 85.0 Å². The van der Waals surface area contributed by atoms with Gasteiger partial charge in [-0.05, 0) is 71.6 Å². The quantitative estimate of drug-likeness (QED) is 0.425. The van der Waals surface area contributed by atoms with Gasteiger partial charge >= 0.3 is 6.09 Å². The Kier molecular flexibility index (Phi) is 10.4. The van der Waals surface area contributed by atoms with Crippen LogP contribution in [0.5, 0.6) is 0 Å². The largest absolute Gasteiger partial charge is 0.444 e. The Morgan fingerprint density at radius 2 is 1.53 bits per heavy atom. The molecule has 9 nitrogen and oxygen atoms in total. The molecule has 4 amide bonds. The van der Waals surface area contributed by atoms with Gasteiger partial charge in [-0.1, -0.05) is 48.5 Å². The van der Waals surface area contributed by atoms with Crippen LogP contribution in [0.25, 0.3) is 0 Å². The summed E-state index contributed by atoms with van der Waals surface area (Å²) in [6.07, 6.45) is -0.986. The third-order valence-electron chi connectivity index (χ3n) is 5.85. The summed E-state index contributed by atoms with van der Waals surface area (Å²) in [6.45, 7) is 12.5. The van der Waals surface area contributed by atoms with Crippen LogP contribution in [0, 0.1) is 13.8 Å². The number of nitrogens with two attached hydrogens (primary N) is 1. The summed E-state index contributed by atoms with van der Waals surface area (Å²) in [5.41, 5.74) is 7.61. The van der Waals surface area contributed by atoms with Crippen molar-refractivity contribution in [1.82, 2.24) is 10.2 Å². The molecule has 38 heavy (non-hydrogen) atoms. The molecule has 0 heterocycles. The van der Waals surface area contributed by atoms with Crippen molar-refractivity contribution < 1.29 is 23.9 Å². The number of benzene rings is 2. The van der Waals surface area contributed by atoms with E-state index in [-0.39, 0.29) is 12.8 Å². The van der Waals surface area contributed by atoms with Gasteiger partial charge in [-0.3, -0.25) is 14.4 Å². The maximum absolute atomic E-state index is 14.0. The maximum Gasteiger partial charge on any atom is 0.408 e. The molecule has 0 aromatic heterocycles. The second-order valence-electron chi connectivity index (χ2n) is 10.6. The van der Waals surface area contributed by atoms with E-state index in [1.165, 1.54) is 4.90 Å². The van der Waals surface area contributed by atoms with E-state index in [9.17, 15) is 19.2 Å². The number of para-hydroxylation sites is 1. The second kappa shape index (κ2) is 13.1. The van der Waals surface area contributed by atoms with Crippen LogP contribution < -0.4 is 16.4 Å². The van der Waals surface area contributed by atoms with Crippen molar-refractivity contribution in [1.29, 1.82) is 0 Å². The van der Waals surface area contributed by atoms with Crippen LogP contribution in [0.15, 0.2) is 48.5 Å². The molecule has 2 aromatic rings. The lowest BCUT2D eigenvalue weighted by atomic mass is 9.99. The van der Waals surface area contributed by atoms with Crippen molar-refractivity contribution in [2.75, 3.05) is 5.32 Å². The van der Waals surface area contributed by atoms with E-state index in [0.717, 1.165) is 11.1 Å². The Morgan fingerprint density at radius 1 is 0.947 bits per heavy atom. The SMILES string of the molecule is Cc1cccc(C)c1NC(=O)C(c1ccccc1)N(C(=O)C(CCC(N)=O)NC(=O)OC(C)(C)C)C(C)C. The average Bonchev–Trinajstić information content (AvgIpc) is 2.81. The van der Waals surface area contributed by atoms with Crippen LogP contribution in [-0.4, -0.2) is 46.4 Å². The minimum atomic E-state index is -1.14. The zero-order chi connectivity index (χ0) is 28.6. The highest BCUT2D eigenvalue weighted by Gasteiger charge is 2.38. The second-order valence-corrected chi connectivity index (χ2v) is 10.6. The normalized spacial score (nSPS) is 12.8. The van der Waals surface area contributed by atoms with E-state index in [4.69, 9.17) is 10.5 Å². The summed E-state index contributed by atoms with van der Waals surface area (Å²) in [4.78, 5) is 53.5. The Balaban J connectivity index is 2.52. The molecule has 0 fully saturated rings. The van der Waals surface area contributed by atoms with Gasteiger partial charge in [-0.15, -0.1) is 0 Å². The topological polar surface area (TPSA) is 131 Å². The molecule has 206 valence electrons. The molecular weight excluding hydrogens is 484 g/mol. The number of nitrogens with zero attached hydrogens (tertiary/aromatic N) is 1. The minimum absolute atomic E-state index is 0.0450. The summed E-state index contributed by atoms with van der Waals surface area (Å²) in [5.74, 6) is -1.54. The monoisotopic (exact) mass is 524 g/mol. The van der Waals surface area contributed by atoms with E-state index < -0.39 is 47.5 Å². The van der Waals surface area contributed by atoms with Crippen molar-refractivity contribution in [3.63, 3.8) is 0 Å². The van der Waals surface area contributed by atoms with E-state index >= 15 is 0 Å². The first-order chi connectivity index (χ1) is 17.7. The van der Waals surface area contributed by atoms with Crippen molar-refractivity contribution in [3.05, 3.63) is 65.2 Å². The molecule has 4 N–H and O–H groups in total. The number of ether oxygens (including phenoxy) is 1. The Morgan fingerprint density at radius 3 is 2.03 bits per heavy atom. The van der Waals surface area contributed by atoms with Crippen molar-refractivity contribution >= 4 is 29.5 Å². The Hall–Kier alpha value is -3.88. The number of primary amides is 1. The van der Waals surface area contributed by atoms with Crippen LogP contribution >= 0.6 is 0 Å². The Labute approximate surface area is 225 Å². The number of aryl methyl sites for hydroxylation is 2. The third-order valence-corrected chi connectivity index (χ3v) is 5.85. The van der Waals surface area contributed by atoms with Gasteiger partial charge in [0.15, 0.2) is 0 Å². The molecule has 2 unspecified atom stereocenters. The van der Waals surface area contributed by atoms with Gasteiger partial charge in [0.05, 0.1) is 0 Å². The number of hydrogen-bond donors (Lipinski definition) is 3. The lowest BCUT2D eigenvalue weighted by molar-refractivity contribution is -0.143. The van der Waals surface area contributed by atoms with Crippen LogP contribution in [0.3, 0.4) is 0 Å². The van der Waals surface area contributed by atoms with E-state index in [1.54, 1.807) is 58.9 Å². The number of hydrogen-bond acceptors (Lipinski definition) is 5. The number of carbonyl (C=O) groups is 4. The summed E-state index contributed by atoms with van der Waals surface area (Å²) in [5, 5.41) is 5.59. The summed E-state index contributed by atoms with van der Waals surface area (Å²) >= 11 is 0. The smallest absolute Gasteiger partial charge is 0.408 e. The van der Waals surface area contributed by atoms with Crippen LogP contribution in [0.1, 0.15) is 70.2 Å². The minimum Gasteiger partial charge on any atom is -0.444 e. The zero-order valence-corrected chi connectivity index (χ0v) is 23.3. The highest BCUT2D eigenvalue weighted by Crippen LogP contribution is 2.28. The van der Waals surface area contributed by atoms with Crippen molar-refractivity contribution in [3.8, 4) is 0 Å². The molecule has 0 aliphatic carbocycles. The number of amides is 4.